The maximum atomic E-state index is 12.7. The molecule has 0 bridgehead atoms. The molecule has 1 amide bonds. The SMILES string of the molecule is O=C(Nc1ccc(N2CCOCC2)cc1)c1ccc(CN2CCC3=C(C=CCC3)C2)cc1. The smallest absolute Gasteiger partial charge is 0.255 e. The van der Waals surface area contributed by atoms with Crippen LogP contribution in [0.25, 0.3) is 0 Å². The number of hydrogen-bond donors (Lipinski definition) is 1. The normalized spacial score (nSPS) is 19.1. The number of nitrogens with zero attached hydrogens (tertiary/aromatic N) is 2. The fraction of sp³-hybridized carbons (Fsp3) is 0.370. The Morgan fingerprint density at radius 2 is 1.72 bits per heavy atom. The van der Waals surface area contributed by atoms with Gasteiger partial charge in [-0.25, -0.2) is 0 Å². The zero-order chi connectivity index (χ0) is 21.8. The van der Waals surface area contributed by atoms with Crippen LogP contribution in [0.4, 0.5) is 11.4 Å². The lowest BCUT2D eigenvalue weighted by atomic mass is 9.91. The number of nitrogens with one attached hydrogen (secondary N) is 1. The van der Waals surface area contributed by atoms with Gasteiger partial charge < -0.3 is 15.0 Å². The van der Waals surface area contributed by atoms with Crippen LogP contribution in [-0.4, -0.2) is 50.2 Å². The van der Waals surface area contributed by atoms with E-state index < -0.39 is 0 Å². The minimum absolute atomic E-state index is 0.0733. The van der Waals surface area contributed by atoms with Crippen LogP contribution >= 0.6 is 0 Å². The van der Waals surface area contributed by atoms with Gasteiger partial charge in [-0.15, -0.1) is 0 Å². The number of benzene rings is 2. The Labute approximate surface area is 190 Å². The summed E-state index contributed by atoms with van der Waals surface area (Å²) in [7, 11) is 0. The molecule has 1 saturated heterocycles. The number of ether oxygens (including phenoxy) is 1. The van der Waals surface area contributed by atoms with Crippen LogP contribution in [0.5, 0.6) is 0 Å². The molecular formula is C27H31N3O2. The molecule has 5 rings (SSSR count). The van der Waals surface area contributed by atoms with E-state index in [1.165, 1.54) is 36.1 Å². The van der Waals surface area contributed by atoms with E-state index in [2.05, 4.69) is 51.5 Å². The van der Waals surface area contributed by atoms with Gasteiger partial charge in [-0.05, 0) is 66.8 Å². The van der Waals surface area contributed by atoms with Gasteiger partial charge in [-0.3, -0.25) is 9.69 Å². The number of amides is 1. The molecule has 0 aromatic heterocycles. The number of allylic oxidation sites excluding steroid dienone is 1. The molecule has 1 N–H and O–H groups in total. The third kappa shape index (κ3) is 4.95. The Hall–Kier alpha value is -2.89. The van der Waals surface area contributed by atoms with Crippen molar-refractivity contribution in [3.63, 3.8) is 0 Å². The van der Waals surface area contributed by atoms with Gasteiger partial charge >= 0.3 is 0 Å². The molecule has 2 aromatic rings. The van der Waals surface area contributed by atoms with Gasteiger partial charge in [0.15, 0.2) is 0 Å². The van der Waals surface area contributed by atoms with Crippen LogP contribution in [0.1, 0.15) is 35.2 Å². The highest BCUT2D eigenvalue weighted by Gasteiger charge is 2.19. The van der Waals surface area contributed by atoms with Gasteiger partial charge in [-0.1, -0.05) is 29.9 Å². The maximum absolute atomic E-state index is 12.7. The summed E-state index contributed by atoms with van der Waals surface area (Å²) in [6.45, 7) is 6.43. The van der Waals surface area contributed by atoms with E-state index in [4.69, 9.17) is 4.74 Å². The van der Waals surface area contributed by atoms with Crippen molar-refractivity contribution in [2.75, 3.05) is 49.6 Å². The molecule has 0 atom stereocenters. The van der Waals surface area contributed by atoms with Crippen molar-refractivity contribution in [2.24, 2.45) is 0 Å². The Morgan fingerprint density at radius 1 is 0.938 bits per heavy atom. The number of hydrogen-bond acceptors (Lipinski definition) is 4. The Balaban J connectivity index is 1.16. The summed E-state index contributed by atoms with van der Waals surface area (Å²) in [5, 5.41) is 3.01. The van der Waals surface area contributed by atoms with Crippen molar-refractivity contribution in [3.8, 4) is 0 Å². The van der Waals surface area contributed by atoms with Gasteiger partial charge in [0, 0.05) is 49.7 Å². The zero-order valence-electron chi connectivity index (χ0n) is 18.6. The van der Waals surface area contributed by atoms with E-state index in [0.29, 0.717) is 5.56 Å². The predicted octanol–water partition coefficient (Wildman–Crippen LogP) is 4.63. The highest BCUT2D eigenvalue weighted by Crippen LogP contribution is 2.27. The van der Waals surface area contributed by atoms with Gasteiger partial charge in [0.2, 0.25) is 0 Å². The van der Waals surface area contributed by atoms with E-state index in [9.17, 15) is 4.79 Å². The van der Waals surface area contributed by atoms with Crippen molar-refractivity contribution in [3.05, 3.63) is 83.0 Å². The van der Waals surface area contributed by atoms with Crippen LogP contribution in [0.3, 0.4) is 0 Å². The molecule has 0 saturated carbocycles. The number of carbonyl (C=O) groups excluding carboxylic acids is 1. The standard InChI is InChI=1S/C27H31N3O2/c31-27(28-25-9-11-26(12-10-25)30-15-17-32-18-16-30)23-7-5-21(6-8-23)19-29-14-13-22-3-1-2-4-24(22)20-29/h2,4-12H,1,3,13-20H2,(H,28,31). The molecule has 2 aliphatic heterocycles. The number of morpholine rings is 1. The fourth-order valence-corrected chi connectivity index (χ4v) is 4.76. The average Bonchev–Trinajstić information content (AvgIpc) is 2.85. The minimum atomic E-state index is -0.0733. The van der Waals surface area contributed by atoms with Crippen molar-refractivity contribution < 1.29 is 9.53 Å². The van der Waals surface area contributed by atoms with Gasteiger partial charge in [0.1, 0.15) is 0 Å². The summed E-state index contributed by atoms with van der Waals surface area (Å²) >= 11 is 0. The lowest BCUT2D eigenvalue weighted by Crippen LogP contribution is -2.36. The van der Waals surface area contributed by atoms with E-state index in [0.717, 1.165) is 51.6 Å². The van der Waals surface area contributed by atoms with Crippen LogP contribution in [0, 0.1) is 0 Å². The molecule has 0 unspecified atom stereocenters. The monoisotopic (exact) mass is 429 g/mol. The summed E-state index contributed by atoms with van der Waals surface area (Å²) in [5.74, 6) is -0.0733. The second-order valence-electron chi connectivity index (χ2n) is 8.83. The number of anilines is 2. The Bertz CT molecular complexity index is 1000. The summed E-state index contributed by atoms with van der Waals surface area (Å²) in [4.78, 5) is 17.5. The molecule has 2 heterocycles. The van der Waals surface area contributed by atoms with E-state index in [1.807, 2.05) is 24.3 Å². The van der Waals surface area contributed by atoms with E-state index in [-0.39, 0.29) is 5.91 Å². The molecule has 166 valence electrons. The van der Waals surface area contributed by atoms with Gasteiger partial charge in [0.25, 0.3) is 5.91 Å². The van der Waals surface area contributed by atoms with Crippen LogP contribution in [0.15, 0.2) is 71.8 Å². The molecule has 3 aliphatic rings. The molecule has 1 aliphatic carbocycles. The van der Waals surface area contributed by atoms with Crippen molar-refractivity contribution >= 4 is 17.3 Å². The van der Waals surface area contributed by atoms with Crippen LogP contribution in [-0.2, 0) is 11.3 Å². The Kier molecular flexibility index (Phi) is 6.37. The second-order valence-corrected chi connectivity index (χ2v) is 8.83. The van der Waals surface area contributed by atoms with Crippen molar-refractivity contribution in [1.29, 1.82) is 0 Å². The third-order valence-electron chi connectivity index (χ3n) is 6.63. The highest BCUT2D eigenvalue weighted by atomic mass is 16.5. The van der Waals surface area contributed by atoms with Crippen molar-refractivity contribution in [2.45, 2.75) is 25.8 Å². The first-order valence-corrected chi connectivity index (χ1v) is 11.7. The van der Waals surface area contributed by atoms with E-state index in [1.54, 1.807) is 5.57 Å². The summed E-state index contributed by atoms with van der Waals surface area (Å²) in [5.41, 5.74) is 7.07. The number of rotatable bonds is 5. The zero-order valence-corrected chi connectivity index (χ0v) is 18.6. The first-order chi connectivity index (χ1) is 15.7. The molecule has 0 spiro atoms. The van der Waals surface area contributed by atoms with Crippen molar-refractivity contribution in [1.82, 2.24) is 4.90 Å². The average molecular weight is 430 g/mol. The topological polar surface area (TPSA) is 44.8 Å². The molecule has 1 fully saturated rings. The molecule has 2 aromatic carbocycles. The van der Waals surface area contributed by atoms with Gasteiger partial charge in [0.05, 0.1) is 13.2 Å². The van der Waals surface area contributed by atoms with Crippen LogP contribution in [0.2, 0.25) is 0 Å². The summed E-state index contributed by atoms with van der Waals surface area (Å²) in [6.07, 6.45) is 8.22. The Morgan fingerprint density at radius 3 is 2.50 bits per heavy atom. The minimum Gasteiger partial charge on any atom is -0.378 e. The first kappa shape index (κ1) is 21.0. The van der Waals surface area contributed by atoms with Gasteiger partial charge in [-0.2, -0.15) is 0 Å². The molecule has 0 radical (unpaired) electrons. The largest absolute Gasteiger partial charge is 0.378 e. The highest BCUT2D eigenvalue weighted by molar-refractivity contribution is 6.04. The number of carbonyl (C=O) groups is 1. The molecular weight excluding hydrogens is 398 g/mol. The van der Waals surface area contributed by atoms with Crippen LogP contribution < -0.4 is 10.2 Å². The first-order valence-electron chi connectivity index (χ1n) is 11.7. The predicted molar refractivity (Wildman–Crippen MR) is 129 cm³/mol. The third-order valence-corrected chi connectivity index (χ3v) is 6.63. The maximum Gasteiger partial charge on any atom is 0.255 e. The van der Waals surface area contributed by atoms with E-state index >= 15 is 0 Å². The lowest BCUT2D eigenvalue weighted by molar-refractivity contribution is 0.102. The molecule has 5 heteroatoms. The molecule has 5 nitrogen and oxygen atoms in total. The second kappa shape index (κ2) is 9.72. The molecule has 32 heavy (non-hydrogen) atoms. The lowest BCUT2D eigenvalue weighted by Gasteiger charge is -2.31. The summed E-state index contributed by atoms with van der Waals surface area (Å²) < 4.78 is 5.41. The fourth-order valence-electron chi connectivity index (χ4n) is 4.76. The summed E-state index contributed by atoms with van der Waals surface area (Å²) in [6, 6.07) is 16.1. The quantitative estimate of drug-likeness (QED) is 0.753.